The van der Waals surface area contributed by atoms with E-state index in [2.05, 4.69) is 31.1 Å². The van der Waals surface area contributed by atoms with Gasteiger partial charge in [-0.15, -0.1) is 5.54 Å². The number of aliphatic hydroxyl groups is 1. The van der Waals surface area contributed by atoms with Crippen LogP contribution in [0.4, 0.5) is 0 Å². The highest BCUT2D eigenvalue weighted by atomic mass is 28.3. The summed E-state index contributed by atoms with van der Waals surface area (Å²) in [5.41, 5.74) is 4.03. The number of hydrogen-bond donors (Lipinski definition) is 1. The lowest BCUT2D eigenvalue weighted by Gasteiger charge is -2.28. The van der Waals surface area contributed by atoms with Crippen LogP contribution in [0.25, 0.3) is 0 Å². The third kappa shape index (κ3) is 4.03. The largest absolute Gasteiger partial charge is 0.379 e. The van der Waals surface area contributed by atoms with Crippen LogP contribution in [0.2, 0.25) is 19.6 Å². The van der Waals surface area contributed by atoms with Gasteiger partial charge in [0.25, 0.3) is 0 Å². The number of aliphatic hydroxyl groups excluding tert-OH is 1. The molecular weight excluding hydrogens is 224 g/mol. The van der Waals surface area contributed by atoms with Gasteiger partial charge in [-0.1, -0.05) is 69.7 Å². The van der Waals surface area contributed by atoms with Crippen molar-refractivity contribution in [3.63, 3.8) is 0 Å². The molecule has 1 rings (SSSR count). The normalized spacial score (nSPS) is 13.8. The van der Waals surface area contributed by atoms with Crippen LogP contribution in [0, 0.1) is 11.5 Å². The van der Waals surface area contributed by atoms with E-state index in [1.54, 1.807) is 0 Å². The van der Waals surface area contributed by atoms with Crippen molar-refractivity contribution >= 4 is 8.07 Å². The van der Waals surface area contributed by atoms with E-state index in [0.717, 1.165) is 5.56 Å². The fourth-order valence-corrected chi connectivity index (χ4v) is 2.06. The maximum absolute atomic E-state index is 10.2. The summed E-state index contributed by atoms with van der Waals surface area (Å²) >= 11 is 0. The Morgan fingerprint density at radius 1 is 1.12 bits per heavy atom. The molecule has 0 aliphatic carbocycles. The Morgan fingerprint density at radius 2 is 1.65 bits per heavy atom. The summed E-state index contributed by atoms with van der Waals surface area (Å²) < 4.78 is 0. The van der Waals surface area contributed by atoms with E-state index in [0.29, 0.717) is 0 Å². The third-order valence-corrected chi connectivity index (χ3v) is 3.68. The van der Waals surface area contributed by atoms with Crippen molar-refractivity contribution in [2.75, 3.05) is 0 Å². The van der Waals surface area contributed by atoms with E-state index in [1.807, 2.05) is 44.2 Å². The van der Waals surface area contributed by atoms with Gasteiger partial charge in [0.2, 0.25) is 0 Å². The Labute approximate surface area is 106 Å². The average Bonchev–Trinajstić information content (AvgIpc) is 2.26. The van der Waals surface area contributed by atoms with Gasteiger partial charge in [0.15, 0.2) is 0 Å². The van der Waals surface area contributed by atoms with E-state index in [4.69, 9.17) is 0 Å². The first-order chi connectivity index (χ1) is 7.73. The molecule has 0 radical (unpaired) electrons. The van der Waals surface area contributed by atoms with E-state index in [-0.39, 0.29) is 5.41 Å². The van der Waals surface area contributed by atoms with Gasteiger partial charge < -0.3 is 5.11 Å². The zero-order valence-electron chi connectivity index (χ0n) is 11.4. The Morgan fingerprint density at radius 3 is 2.12 bits per heavy atom. The Bertz CT molecular complexity index is 418. The van der Waals surface area contributed by atoms with E-state index >= 15 is 0 Å². The maximum atomic E-state index is 10.2. The third-order valence-electron chi connectivity index (χ3n) is 2.79. The van der Waals surface area contributed by atoms with Crippen LogP contribution in [-0.2, 0) is 5.41 Å². The Kier molecular flexibility index (Phi) is 4.19. The molecule has 17 heavy (non-hydrogen) atoms. The molecule has 0 saturated heterocycles. The van der Waals surface area contributed by atoms with Crippen LogP contribution >= 0.6 is 0 Å². The Hall–Kier alpha value is -1.04. The first-order valence-electron chi connectivity index (χ1n) is 6.00. The minimum absolute atomic E-state index is 0.325. The molecule has 0 heterocycles. The van der Waals surface area contributed by atoms with Gasteiger partial charge in [-0.25, -0.2) is 0 Å². The number of rotatable bonds is 2. The van der Waals surface area contributed by atoms with Crippen molar-refractivity contribution in [1.82, 2.24) is 0 Å². The fourth-order valence-electron chi connectivity index (χ4n) is 1.49. The molecular formula is C15H22OSi. The SMILES string of the molecule is CC(C)(c1ccccc1)[C@H](O)C#C[Si](C)(C)C. The molecule has 0 aliphatic heterocycles. The molecule has 0 amide bonds. The summed E-state index contributed by atoms with van der Waals surface area (Å²) in [4.78, 5) is 0. The molecule has 1 aromatic rings. The van der Waals surface area contributed by atoms with Gasteiger partial charge in [0.1, 0.15) is 14.2 Å². The van der Waals surface area contributed by atoms with Crippen LogP contribution in [-0.4, -0.2) is 19.3 Å². The van der Waals surface area contributed by atoms with Crippen molar-refractivity contribution in [1.29, 1.82) is 0 Å². The zero-order chi connectivity index (χ0) is 13.1. The lowest BCUT2D eigenvalue weighted by Crippen LogP contribution is -2.33. The molecule has 2 heteroatoms. The second kappa shape index (κ2) is 5.08. The van der Waals surface area contributed by atoms with E-state index in [1.165, 1.54) is 0 Å². The molecule has 92 valence electrons. The van der Waals surface area contributed by atoms with E-state index in [9.17, 15) is 5.11 Å². The number of hydrogen-bond acceptors (Lipinski definition) is 1. The molecule has 0 bridgehead atoms. The summed E-state index contributed by atoms with van der Waals surface area (Å²) in [7, 11) is -1.42. The summed E-state index contributed by atoms with van der Waals surface area (Å²) in [5, 5.41) is 10.2. The van der Waals surface area contributed by atoms with Crippen LogP contribution in [0.5, 0.6) is 0 Å². The topological polar surface area (TPSA) is 20.2 Å². The molecule has 1 N–H and O–H groups in total. The van der Waals surface area contributed by atoms with Crippen LogP contribution in [0.3, 0.4) is 0 Å². The second-order valence-electron chi connectivity index (χ2n) is 6.01. The summed E-state index contributed by atoms with van der Waals surface area (Å²) in [6.07, 6.45) is -0.614. The standard InChI is InChI=1S/C15H22OSi/c1-15(2,13-9-7-6-8-10-13)14(16)11-12-17(3,4)5/h6-10,14,16H,1-5H3/t14-/m1/s1. The van der Waals surface area contributed by atoms with Crippen molar-refractivity contribution in [3.8, 4) is 11.5 Å². The summed E-state index contributed by atoms with van der Waals surface area (Å²) in [6, 6.07) is 10.1. The lowest BCUT2D eigenvalue weighted by atomic mass is 9.80. The molecule has 0 unspecified atom stereocenters. The second-order valence-corrected chi connectivity index (χ2v) is 10.8. The molecule has 1 aromatic carbocycles. The first kappa shape index (κ1) is 14.0. The van der Waals surface area contributed by atoms with Gasteiger partial charge in [-0.2, -0.15) is 0 Å². The lowest BCUT2D eigenvalue weighted by molar-refractivity contribution is 0.153. The maximum Gasteiger partial charge on any atom is 0.129 e. The molecule has 0 aromatic heterocycles. The minimum Gasteiger partial charge on any atom is -0.379 e. The highest BCUT2D eigenvalue weighted by molar-refractivity contribution is 6.83. The van der Waals surface area contributed by atoms with Gasteiger partial charge in [0, 0.05) is 5.41 Å². The highest BCUT2D eigenvalue weighted by Gasteiger charge is 2.28. The van der Waals surface area contributed by atoms with Gasteiger partial charge >= 0.3 is 0 Å². The Balaban J connectivity index is 2.94. The van der Waals surface area contributed by atoms with Crippen LogP contribution < -0.4 is 0 Å². The van der Waals surface area contributed by atoms with Crippen molar-refractivity contribution in [3.05, 3.63) is 35.9 Å². The predicted molar refractivity (Wildman–Crippen MR) is 76.6 cm³/mol. The predicted octanol–water partition coefficient (Wildman–Crippen LogP) is 3.21. The van der Waals surface area contributed by atoms with Crippen molar-refractivity contribution in [2.24, 2.45) is 0 Å². The molecule has 1 atom stereocenters. The smallest absolute Gasteiger partial charge is 0.129 e. The number of benzene rings is 1. The monoisotopic (exact) mass is 246 g/mol. The van der Waals surface area contributed by atoms with Gasteiger partial charge in [-0.05, 0) is 5.56 Å². The molecule has 0 fully saturated rings. The summed E-state index contributed by atoms with van der Waals surface area (Å²) in [5.74, 6) is 3.03. The molecule has 0 aliphatic rings. The van der Waals surface area contributed by atoms with Crippen LogP contribution in [0.15, 0.2) is 30.3 Å². The highest BCUT2D eigenvalue weighted by Crippen LogP contribution is 2.26. The minimum atomic E-state index is -1.42. The van der Waals surface area contributed by atoms with Crippen molar-refractivity contribution in [2.45, 2.75) is 45.0 Å². The fraction of sp³-hybridized carbons (Fsp3) is 0.467. The first-order valence-corrected chi connectivity index (χ1v) is 9.50. The van der Waals surface area contributed by atoms with Gasteiger partial charge in [-0.3, -0.25) is 0 Å². The molecule has 1 nitrogen and oxygen atoms in total. The van der Waals surface area contributed by atoms with Crippen molar-refractivity contribution < 1.29 is 5.11 Å². The van der Waals surface area contributed by atoms with E-state index < -0.39 is 14.2 Å². The molecule has 0 spiro atoms. The average molecular weight is 246 g/mol. The summed E-state index contributed by atoms with van der Waals surface area (Å²) in [6.45, 7) is 10.6. The zero-order valence-corrected chi connectivity index (χ0v) is 12.4. The van der Waals surface area contributed by atoms with Crippen LogP contribution in [0.1, 0.15) is 19.4 Å². The molecule has 0 saturated carbocycles. The quantitative estimate of drug-likeness (QED) is 0.627. The van der Waals surface area contributed by atoms with Gasteiger partial charge in [0.05, 0.1) is 0 Å².